The zero-order valence-corrected chi connectivity index (χ0v) is 11.3. The number of aromatic nitrogens is 1. The first-order valence-corrected chi connectivity index (χ1v) is 5.48. The Morgan fingerprint density at radius 2 is 1.47 bits per heavy atom. The molecular formula is C14H16BrNO. The number of hydrogen-bond donors (Lipinski definition) is 1. The van der Waals surface area contributed by atoms with Gasteiger partial charge in [-0.25, -0.2) is 0 Å². The molecule has 17 heavy (non-hydrogen) atoms. The highest BCUT2D eigenvalue weighted by atomic mass is 79.9. The fraction of sp³-hybridized carbons (Fsp3) is 0.214. The number of nitrogens with zero attached hydrogens (tertiary/aromatic N) is 1. The molecule has 1 aromatic carbocycles. The lowest BCUT2D eigenvalue weighted by atomic mass is 10.0. The lowest BCUT2D eigenvalue weighted by molar-refractivity contribution is -0.728. The molecule has 0 saturated heterocycles. The maximum atomic E-state index is 10.2. The third kappa shape index (κ3) is 3.38. The van der Waals surface area contributed by atoms with Crippen LogP contribution < -0.4 is 21.5 Å². The van der Waals surface area contributed by atoms with Crippen LogP contribution >= 0.6 is 0 Å². The molecule has 2 nitrogen and oxygen atoms in total. The number of pyridine rings is 1. The van der Waals surface area contributed by atoms with E-state index in [1.54, 1.807) is 0 Å². The molecule has 3 heteroatoms. The summed E-state index contributed by atoms with van der Waals surface area (Å²) in [7, 11) is 0. The Morgan fingerprint density at radius 1 is 0.941 bits per heavy atom. The quantitative estimate of drug-likeness (QED) is 0.742. The van der Waals surface area contributed by atoms with Crippen LogP contribution in [-0.2, 0) is 0 Å². The summed E-state index contributed by atoms with van der Waals surface area (Å²) in [6, 6.07) is 15.7. The molecule has 0 saturated carbocycles. The third-order valence-corrected chi connectivity index (χ3v) is 2.81. The van der Waals surface area contributed by atoms with E-state index in [9.17, 15) is 5.11 Å². The van der Waals surface area contributed by atoms with Crippen LogP contribution in [0.25, 0.3) is 0 Å². The summed E-state index contributed by atoms with van der Waals surface area (Å²) in [5.41, 5.74) is 0.950. The van der Waals surface area contributed by atoms with Gasteiger partial charge in [-0.2, -0.15) is 4.57 Å². The molecule has 90 valence electrons. The van der Waals surface area contributed by atoms with Crippen molar-refractivity contribution in [3.63, 3.8) is 0 Å². The summed E-state index contributed by atoms with van der Waals surface area (Å²) in [4.78, 5) is 0. The fourth-order valence-electron chi connectivity index (χ4n) is 1.78. The van der Waals surface area contributed by atoms with Gasteiger partial charge in [0.05, 0.1) is 0 Å². The number of benzene rings is 1. The van der Waals surface area contributed by atoms with E-state index in [1.807, 2.05) is 72.4 Å². The second-order valence-electron chi connectivity index (χ2n) is 3.92. The van der Waals surface area contributed by atoms with Gasteiger partial charge in [0.25, 0.3) is 0 Å². The van der Waals surface area contributed by atoms with Crippen LogP contribution in [-0.4, -0.2) is 5.11 Å². The Morgan fingerprint density at radius 3 is 2.06 bits per heavy atom. The van der Waals surface area contributed by atoms with E-state index in [1.165, 1.54) is 0 Å². The lowest BCUT2D eigenvalue weighted by Gasteiger charge is -2.14. The fourth-order valence-corrected chi connectivity index (χ4v) is 1.78. The number of hydrogen-bond acceptors (Lipinski definition) is 1. The molecule has 0 amide bonds. The molecule has 1 aromatic heterocycles. The average molecular weight is 294 g/mol. The maximum absolute atomic E-state index is 10.2. The molecule has 2 atom stereocenters. The van der Waals surface area contributed by atoms with Crippen molar-refractivity contribution >= 4 is 0 Å². The number of halogens is 1. The van der Waals surface area contributed by atoms with E-state index in [-0.39, 0.29) is 23.0 Å². The van der Waals surface area contributed by atoms with E-state index in [0.717, 1.165) is 5.56 Å². The van der Waals surface area contributed by atoms with Gasteiger partial charge in [0.15, 0.2) is 18.4 Å². The van der Waals surface area contributed by atoms with Gasteiger partial charge in [-0.3, -0.25) is 0 Å². The van der Waals surface area contributed by atoms with Crippen molar-refractivity contribution in [1.29, 1.82) is 0 Å². The van der Waals surface area contributed by atoms with Gasteiger partial charge in [0.1, 0.15) is 6.10 Å². The van der Waals surface area contributed by atoms with Crippen LogP contribution in [0.3, 0.4) is 0 Å². The Hall–Kier alpha value is -1.19. The summed E-state index contributed by atoms with van der Waals surface area (Å²) in [6.07, 6.45) is 3.46. The largest absolute Gasteiger partial charge is 1.00 e. The summed E-state index contributed by atoms with van der Waals surface area (Å²) in [5.74, 6) is 0. The first-order chi connectivity index (χ1) is 7.79. The minimum Gasteiger partial charge on any atom is -1.00 e. The van der Waals surface area contributed by atoms with Crippen LogP contribution in [0.5, 0.6) is 0 Å². The number of rotatable bonds is 3. The van der Waals surface area contributed by atoms with Gasteiger partial charge in [-0.1, -0.05) is 36.4 Å². The van der Waals surface area contributed by atoms with Crippen LogP contribution in [0.2, 0.25) is 0 Å². The molecule has 0 aliphatic carbocycles. The molecule has 1 heterocycles. The summed E-state index contributed by atoms with van der Waals surface area (Å²) >= 11 is 0. The average Bonchev–Trinajstić information content (AvgIpc) is 2.39. The number of aliphatic hydroxyl groups excluding tert-OH is 1. The highest BCUT2D eigenvalue weighted by Gasteiger charge is 2.23. The molecule has 0 spiro atoms. The smallest absolute Gasteiger partial charge is 0.185 e. The Kier molecular flexibility index (Phi) is 5.32. The van der Waals surface area contributed by atoms with Crippen molar-refractivity contribution in [1.82, 2.24) is 0 Å². The molecule has 2 rings (SSSR count). The molecule has 0 bridgehead atoms. The van der Waals surface area contributed by atoms with Gasteiger partial charge >= 0.3 is 0 Å². The van der Waals surface area contributed by atoms with Crippen LogP contribution in [0, 0.1) is 0 Å². The van der Waals surface area contributed by atoms with E-state index >= 15 is 0 Å². The van der Waals surface area contributed by atoms with E-state index in [2.05, 4.69) is 0 Å². The van der Waals surface area contributed by atoms with Gasteiger partial charge in [-0.15, -0.1) is 0 Å². The van der Waals surface area contributed by atoms with E-state index < -0.39 is 6.10 Å². The van der Waals surface area contributed by atoms with Crippen molar-refractivity contribution in [2.24, 2.45) is 0 Å². The van der Waals surface area contributed by atoms with Gasteiger partial charge in [0, 0.05) is 19.1 Å². The Bertz CT molecular complexity index is 389. The second-order valence-corrected chi connectivity index (χ2v) is 3.92. The summed E-state index contributed by atoms with van der Waals surface area (Å²) < 4.78 is 2.01. The van der Waals surface area contributed by atoms with Crippen LogP contribution in [0.4, 0.5) is 0 Å². The first-order valence-electron chi connectivity index (χ1n) is 5.48. The Labute approximate surface area is 112 Å². The minimum atomic E-state index is -0.478. The van der Waals surface area contributed by atoms with Gasteiger partial charge in [-0.05, 0) is 5.56 Å². The minimum absolute atomic E-state index is 0. The van der Waals surface area contributed by atoms with Gasteiger partial charge < -0.3 is 22.1 Å². The summed E-state index contributed by atoms with van der Waals surface area (Å²) in [5, 5.41) is 10.2. The zero-order chi connectivity index (χ0) is 11.4. The van der Waals surface area contributed by atoms with Crippen molar-refractivity contribution in [3.8, 4) is 0 Å². The lowest BCUT2D eigenvalue weighted by Crippen LogP contribution is -3.00. The van der Waals surface area contributed by atoms with E-state index in [4.69, 9.17) is 0 Å². The predicted octanol–water partition coefficient (Wildman–Crippen LogP) is -0.727. The molecule has 0 fully saturated rings. The first kappa shape index (κ1) is 13.9. The zero-order valence-electron chi connectivity index (χ0n) is 9.70. The molecular weight excluding hydrogens is 278 g/mol. The monoisotopic (exact) mass is 293 g/mol. The van der Waals surface area contributed by atoms with Crippen LogP contribution in [0.1, 0.15) is 24.6 Å². The van der Waals surface area contributed by atoms with Crippen molar-refractivity contribution in [2.75, 3.05) is 0 Å². The predicted molar refractivity (Wildman–Crippen MR) is 62.7 cm³/mol. The molecule has 0 aliphatic heterocycles. The molecule has 2 aromatic rings. The van der Waals surface area contributed by atoms with Crippen LogP contribution in [0.15, 0.2) is 60.9 Å². The maximum Gasteiger partial charge on any atom is 0.185 e. The highest BCUT2D eigenvalue weighted by molar-refractivity contribution is 5.17. The van der Waals surface area contributed by atoms with Crippen molar-refractivity contribution < 1.29 is 26.7 Å². The molecule has 1 N–H and O–H groups in total. The Balaban J connectivity index is 0.00000144. The van der Waals surface area contributed by atoms with Gasteiger partial charge in [0.2, 0.25) is 0 Å². The highest BCUT2D eigenvalue weighted by Crippen LogP contribution is 2.20. The molecule has 2 unspecified atom stereocenters. The SMILES string of the molecule is CC(C(O)c1ccccc1)[n+]1ccccc1.[Br-]. The topological polar surface area (TPSA) is 24.1 Å². The van der Waals surface area contributed by atoms with Crippen molar-refractivity contribution in [2.45, 2.75) is 19.1 Å². The molecule has 0 radical (unpaired) electrons. The molecule has 0 aliphatic rings. The van der Waals surface area contributed by atoms with Crippen molar-refractivity contribution in [3.05, 3.63) is 66.5 Å². The number of aliphatic hydroxyl groups is 1. The standard InChI is InChI=1S/C14H16NO.BrH/c1-12(15-10-6-3-7-11-15)14(16)13-8-4-2-5-9-13;/h2-12,14,16H,1H3;1H/q+1;/p-1. The van der Waals surface area contributed by atoms with E-state index in [0.29, 0.717) is 0 Å². The normalized spacial score (nSPS) is 13.5. The summed E-state index contributed by atoms with van der Waals surface area (Å²) in [6.45, 7) is 2.01. The second kappa shape index (κ2) is 6.52. The third-order valence-electron chi connectivity index (χ3n) is 2.81.